The molecule has 0 aromatic carbocycles. The van der Waals surface area contributed by atoms with Gasteiger partial charge in [-0.3, -0.25) is 0 Å². The average Bonchev–Trinajstić information content (AvgIpc) is 2.28. The van der Waals surface area contributed by atoms with Crippen LogP contribution in [0.15, 0.2) is 50.6 Å². The van der Waals surface area contributed by atoms with E-state index >= 15 is 0 Å². The zero-order valence-electron chi connectivity index (χ0n) is 8.40. The molecular weight excluding hydrogens is 178 g/mol. The summed E-state index contributed by atoms with van der Waals surface area (Å²) in [5.74, 6) is -0.394. The highest BCUT2D eigenvalue weighted by Gasteiger charge is 1.81. The second-order valence-corrected chi connectivity index (χ2v) is 1.53. The van der Waals surface area contributed by atoms with E-state index in [-0.39, 0.29) is 0 Å². The van der Waals surface area contributed by atoms with Crippen LogP contribution in [-0.2, 0) is 9.53 Å². The lowest BCUT2D eigenvalue weighted by atomic mass is 10.6. The Labute approximate surface area is 85.3 Å². The van der Waals surface area contributed by atoms with Crippen LogP contribution in [0.3, 0.4) is 0 Å². The third-order valence-corrected chi connectivity index (χ3v) is 0.626. The van der Waals surface area contributed by atoms with Crippen molar-refractivity contribution < 1.29 is 9.53 Å². The number of methoxy groups -OCH3 is 1. The maximum atomic E-state index is 9.84. The lowest BCUT2D eigenvalue weighted by Gasteiger charge is -1.83. The van der Waals surface area contributed by atoms with Crippen molar-refractivity contribution in [1.29, 1.82) is 5.26 Å². The maximum absolute atomic E-state index is 9.84. The number of carbonyl (C=O) groups is 1. The van der Waals surface area contributed by atoms with Gasteiger partial charge in [-0.1, -0.05) is 38.5 Å². The highest BCUT2D eigenvalue weighted by Crippen LogP contribution is 1.67. The summed E-state index contributed by atoms with van der Waals surface area (Å²) in [6, 6.07) is 1.69. The molecule has 0 fully saturated rings. The van der Waals surface area contributed by atoms with Gasteiger partial charge in [0.05, 0.1) is 13.2 Å². The van der Waals surface area contributed by atoms with Crippen LogP contribution in [0.5, 0.6) is 0 Å². The van der Waals surface area contributed by atoms with Crippen molar-refractivity contribution in [2.24, 2.45) is 0 Å². The van der Waals surface area contributed by atoms with Crippen molar-refractivity contribution in [2.75, 3.05) is 7.11 Å². The Kier molecular flexibility index (Phi) is 28.6. The molecule has 0 aliphatic carbocycles. The molecule has 0 rings (SSSR count). The molecule has 3 nitrogen and oxygen atoms in total. The van der Waals surface area contributed by atoms with Gasteiger partial charge in [0, 0.05) is 12.2 Å². The quantitative estimate of drug-likeness (QED) is 0.293. The average molecular weight is 193 g/mol. The molecule has 0 radical (unpaired) electrons. The molecule has 0 spiro atoms. The van der Waals surface area contributed by atoms with Gasteiger partial charge in [0.1, 0.15) is 0 Å². The summed E-state index contributed by atoms with van der Waals surface area (Å²) in [6.45, 7) is 13.0. The first kappa shape index (κ1) is 17.9. The number of esters is 1. The molecule has 0 saturated heterocycles. The summed E-state index contributed by atoms with van der Waals surface area (Å²) in [4.78, 5) is 9.84. The number of nitrogens with zero attached hydrogens (tertiary/aromatic N) is 1. The zero-order chi connectivity index (χ0) is 11.8. The monoisotopic (exact) mass is 193 g/mol. The molecule has 0 bridgehead atoms. The van der Waals surface area contributed by atoms with Crippen LogP contribution in [-0.4, -0.2) is 13.1 Å². The van der Waals surface area contributed by atoms with E-state index in [2.05, 4.69) is 31.1 Å². The SMILES string of the molecule is C=CC#N.C=CC(=O)OC.C=CC=C. The normalized spacial score (nSPS) is 5.43. The van der Waals surface area contributed by atoms with Crippen molar-refractivity contribution in [1.82, 2.24) is 0 Å². The Bertz CT molecular complexity index is 218. The van der Waals surface area contributed by atoms with E-state index in [1.165, 1.54) is 13.2 Å². The van der Waals surface area contributed by atoms with Gasteiger partial charge in [-0.2, -0.15) is 5.26 Å². The van der Waals surface area contributed by atoms with Crippen LogP contribution < -0.4 is 0 Å². The first-order valence-electron chi connectivity index (χ1n) is 3.58. The van der Waals surface area contributed by atoms with Gasteiger partial charge in [-0.25, -0.2) is 4.79 Å². The van der Waals surface area contributed by atoms with Gasteiger partial charge in [-0.15, -0.1) is 0 Å². The number of hydrogen-bond donors (Lipinski definition) is 0. The smallest absolute Gasteiger partial charge is 0.329 e. The predicted octanol–water partition coefficient (Wildman–Crippen LogP) is 2.40. The summed E-state index contributed by atoms with van der Waals surface area (Å²) in [5.41, 5.74) is 0. The molecule has 0 N–H and O–H groups in total. The minimum atomic E-state index is -0.394. The van der Waals surface area contributed by atoms with Crippen LogP contribution in [0, 0.1) is 11.3 Å². The second kappa shape index (κ2) is 22.4. The highest BCUT2D eigenvalue weighted by atomic mass is 16.5. The van der Waals surface area contributed by atoms with Gasteiger partial charge in [0.15, 0.2) is 0 Å². The van der Waals surface area contributed by atoms with Gasteiger partial charge in [-0.05, 0) is 0 Å². The minimum Gasteiger partial charge on any atom is -0.466 e. The predicted molar refractivity (Wildman–Crippen MR) is 58.4 cm³/mol. The summed E-state index contributed by atoms with van der Waals surface area (Å²) in [6.07, 6.45) is 5.57. The van der Waals surface area contributed by atoms with E-state index in [1.54, 1.807) is 18.2 Å². The van der Waals surface area contributed by atoms with Crippen LogP contribution in [0.4, 0.5) is 0 Å². The van der Waals surface area contributed by atoms with E-state index in [1.807, 2.05) is 0 Å². The first-order valence-corrected chi connectivity index (χ1v) is 3.58. The molecule has 0 saturated carbocycles. The van der Waals surface area contributed by atoms with Crippen molar-refractivity contribution >= 4 is 5.97 Å². The van der Waals surface area contributed by atoms with E-state index in [4.69, 9.17) is 5.26 Å². The fraction of sp³-hybridized carbons (Fsp3) is 0.0909. The summed E-state index contributed by atoms with van der Waals surface area (Å²) in [7, 11) is 1.31. The molecule has 0 atom stereocenters. The number of rotatable bonds is 2. The van der Waals surface area contributed by atoms with Gasteiger partial charge in [0.25, 0.3) is 0 Å². The zero-order valence-corrected chi connectivity index (χ0v) is 8.40. The summed E-state index contributed by atoms with van der Waals surface area (Å²) < 4.78 is 4.14. The number of carbonyl (C=O) groups excluding carboxylic acids is 1. The van der Waals surface area contributed by atoms with Crippen molar-refractivity contribution in [2.45, 2.75) is 0 Å². The van der Waals surface area contributed by atoms with Gasteiger partial charge < -0.3 is 4.74 Å². The molecule has 3 heteroatoms. The Morgan fingerprint density at radius 3 is 1.64 bits per heavy atom. The van der Waals surface area contributed by atoms with E-state index < -0.39 is 5.97 Å². The van der Waals surface area contributed by atoms with E-state index in [0.29, 0.717) is 0 Å². The van der Waals surface area contributed by atoms with Gasteiger partial charge in [0.2, 0.25) is 0 Å². The van der Waals surface area contributed by atoms with Crippen LogP contribution in [0.25, 0.3) is 0 Å². The highest BCUT2D eigenvalue weighted by molar-refractivity contribution is 5.80. The topological polar surface area (TPSA) is 50.1 Å². The van der Waals surface area contributed by atoms with Crippen LogP contribution in [0.1, 0.15) is 0 Å². The molecule has 0 heterocycles. The largest absolute Gasteiger partial charge is 0.466 e. The fourth-order valence-electron chi connectivity index (χ4n) is 0.0833. The Hall–Kier alpha value is -2.08. The Morgan fingerprint density at radius 1 is 1.29 bits per heavy atom. The first-order chi connectivity index (χ1) is 6.64. The number of nitriles is 1. The third kappa shape index (κ3) is 51.4. The molecule has 0 amide bonds. The number of hydrogen-bond acceptors (Lipinski definition) is 3. The molecule has 14 heavy (non-hydrogen) atoms. The number of allylic oxidation sites excluding steroid dienone is 3. The van der Waals surface area contributed by atoms with Crippen LogP contribution >= 0.6 is 0 Å². The van der Waals surface area contributed by atoms with Crippen molar-refractivity contribution in [3.05, 3.63) is 50.6 Å². The molecule has 0 aromatic rings. The lowest BCUT2D eigenvalue weighted by molar-refractivity contribution is -0.134. The minimum absolute atomic E-state index is 0.394. The molecule has 0 unspecified atom stereocenters. The fourth-order valence-corrected chi connectivity index (χ4v) is 0.0833. The standard InChI is InChI=1S/C4H6O2.C4H6.C3H3N/c1-3-4(5)6-2;1-3-4-2;1-2-3-4/h3H,1H2,2H3;3-4H,1-2H2;2H,1H2. The molecule has 76 valence electrons. The lowest BCUT2D eigenvalue weighted by Crippen LogP contribution is -1.91. The summed E-state index contributed by atoms with van der Waals surface area (Å²) in [5, 5.41) is 7.51. The Morgan fingerprint density at radius 2 is 1.64 bits per heavy atom. The summed E-state index contributed by atoms with van der Waals surface area (Å²) >= 11 is 0. The Balaban J connectivity index is -0.000000135. The number of ether oxygens (including phenoxy) is 1. The maximum Gasteiger partial charge on any atom is 0.329 e. The third-order valence-electron chi connectivity index (χ3n) is 0.626. The molecule has 0 aliphatic heterocycles. The molecule has 0 aliphatic rings. The van der Waals surface area contributed by atoms with Gasteiger partial charge >= 0.3 is 5.97 Å². The van der Waals surface area contributed by atoms with E-state index in [9.17, 15) is 4.79 Å². The molecule has 0 aromatic heterocycles. The van der Waals surface area contributed by atoms with Crippen molar-refractivity contribution in [3.63, 3.8) is 0 Å². The van der Waals surface area contributed by atoms with E-state index in [0.717, 1.165) is 6.08 Å². The van der Waals surface area contributed by atoms with Crippen molar-refractivity contribution in [3.8, 4) is 6.07 Å². The molecular formula is C11H15NO2. The van der Waals surface area contributed by atoms with Crippen LogP contribution in [0.2, 0.25) is 0 Å². The second-order valence-electron chi connectivity index (χ2n) is 1.53.